The molecule has 0 aromatic heterocycles. The van der Waals surface area contributed by atoms with E-state index in [-0.39, 0.29) is 0 Å². The Morgan fingerprint density at radius 3 is 1.05 bits per heavy atom. The van der Waals surface area contributed by atoms with Crippen molar-refractivity contribution in [3.05, 3.63) is 242 Å². The molecule has 0 spiro atoms. The number of fused-ring (bicyclic) bond motifs is 1. The number of hydrogen-bond acceptors (Lipinski definition) is 2. The minimum Gasteiger partial charge on any atom is -0.311 e. The zero-order chi connectivity index (χ0) is 37.5. The summed E-state index contributed by atoms with van der Waals surface area (Å²) in [7, 11) is 0. The van der Waals surface area contributed by atoms with E-state index in [0.717, 1.165) is 39.7 Å². The van der Waals surface area contributed by atoms with Gasteiger partial charge in [0.25, 0.3) is 0 Å². The lowest BCUT2D eigenvalue weighted by molar-refractivity contribution is 1.28. The smallest absolute Gasteiger partial charge is 0.0540 e. The van der Waals surface area contributed by atoms with Crippen LogP contribution in [0.5, 0.6) is 0 Å². The van der Waals surface area contributed by atoms with Crippen LogP contribution in [0.2, 0.25) is 0 Å². The monoisotopic (exact) mass is 716 g/mol. The van der Waals surface area contributed by atoms with Gasteiger partial charge in [0.1, 0.15) is 0 Å². The molecular formula is C54H40N2. The van der Waals surface area contributed by atoms with Crippen LogP contribution < -0.4 is 9.80 Å². The molecule has 0 radical (unpaired) electrons. The minimum absolute atomic E-state index is 1.12. The van der Waals surface area contributed by atoms with Gasteiger partial charge in [-0.1, -0.05) is 176 Å². The standard InChI is InChI=1S/C54H40N2/c1-4-15-48(16-5-1)55(49-17-6-2-7-18-49)51-37-33-45(34-38-51)43-29-25-41(26-30-43)23-24-42-27-31-44(32-28-42)46-35-39-52(40-36-46)56(50-19-8-3-9-20-50)54-22-12-14-47-13-10-11-21-53(47)54/h1-40H/b24-23+. The van der Waals surface area contributed by atoms with Crippen molar-refractivity contribution in [1.82, 2.24) is 0 Å². The maximum Gasteiger partial charge on any atom is 0.0540 e. The molecular weight excluding hydrogens is 677 g/mol. The van der Waals surface area contributed by atoms with Gasteiger partial charge in [-0.15, -0.1) is 0 Å². The van der Waals surface area contributed by atoms with Crippen LogP contribution in [-0.4, -0.2) is 0 Å². The fourth-order valence-electron chi connectivity index (χ4n) is 7.38. The van der Waals surface area contributed by atoms with Crippen LogP contribution in [0, 0.1) is 0 Å². The SMILES string of the molecule is C(=C\c1ccc(-c2ccc(N(c3ccccc3)c3cccc4ccccc34)cc2)cc1)/c1ccc(-c2ccc(N(c3ccccc3)c3ccccc3)cc2)cc1. The molecule has 0 aliphatic heterocycles. The molecule has 0 atom stereocenters. The molecule has 0 unspecified atom stereocenters. The fourth-order valence-corrected chi connectivity index (χ4v) is 7.38. The van der Waals surface area contributed by atoms with Gasteiger partial charge in [0.05, 0.1) is 5.69 Å². The average Bonchev–Trinajstić information content (AvgIpc) is 3.28. The Balaban J connectivity index is 0.888. The van der Waals surface area contributed by atoms with Crippen LogP contribution in [0.25, 0.3) is 45.2 Å². The Hall–Kier alpha value is -7.42. The third kappa shape index (κ3) is 7.37. The van der Waals surface area contributed by atoms with Gasteiger partial charge in [-0.3, -0.25) is 0 Å². The molecule has 2 nitrogen and oxygen atoms in total. The first kappa shape index (κ1) is 34.4. The highest BCUT2D eigenvalue weighted by molar-refractivity contribution is 5.99. The molecule has 0 saturated heterocycles. The van der Waals surface area contributed by atoms with Crippen LogP contribution >= 0.6 is 0 Å². The summed E-state index contributed by atoms with van der Waals surface area (Å²) < 4.78 is 0. The van der Waals surface area contributed by atoms with Crippen molar-refractivity contribution in [2.75, 3.05) is 9.80 Å². The number of para-hydroxylation sites is 3. The van der Waals surface area contributed by atoms with E-state index in [9.17, 15) is 0 Å². The van der Waals surface area contributed by atoms with Crippen molar-refractivity contribution in [1.29, 1.82) is 0 Å². The Morgan fingerprint density at radius 2 is 0.589 bits per heavy atom. The lowest BCUT2D eigenvalue weighted by Gasteiger charge is -2.27. The van der Waals surface area contributed by atoms with Gasteiger partial charge in [0.15, 0.2) is 0 Å². The molecule has 0 heterocycles. The third-order valence-electron chi connectivity index (χ3n) is 10.3. The fraction of sp³-hybridized carbons (Fsp3) is 0. The average molecular weight is 717 g/mol. The van der Waals surface area contributed by atoms with E-state index in [1.54, 1.807) is 0 Å². The van der Waals surface area contributed by atoms with E-state index in [4.69, 9.17) is 0 Å². The van der Waals surface area contributed by atoms with E-state index >= 15 is 0 Å². The second-order valence-electron chi connectivity index (χ2n) is 13.8. The van der Waals surface area contributed by atoms with Gasteiger partial charge >= 0.3 is 0 Å². The number of rotatable bonds is 10. The molecule has 9 aromatic carbocycles. The predicted octanol–water partition coefficient (Wildman–Crippen LogP) is 15.3. The second kappa shape index (κ2) is 15.9. The van der Waals surface area contributed by atoms with Crippen LogP contribution in [0.1, 0.15) is 11.1 Å². The molecule has 0 aliphatic rings. The van der Waals surface area contributed by atoms with E-state index in [2.05, 4.69) is 252 Å². The second-order valence-corrected chi connectivity index (χ2v) is 13.8. The zero-order valence-electron chi connectivity index (χ0n) is 31.0. The first-order valence-electron chi connectivity index (χ1n) is 19.1. The highest BCUT2D eigenvalue weighted by atomic mass is 15.1. The summed E-state index contributed by atoms with van der Waals surface area (Å²) >= 11 is 0. The van der Waals surface area contributed by atoms with E-state index in [0.29, 0.717) is 0 Å². The molecule has 0 aliphatic carbocycles. The molecule has 0 amide bonds. The first-order valence-corrected chi connectivity index (χ1v) is 19.1. The first-order chi connectivity index (χ1) is 27.8. The van der Waals surface area contributed by atoms with Crippen LogP contribution in [-0.2, 0) is 0 Å². The van der Waals surface area contributed by atoms with Gasteiger partial charge in [-0.05, 0) is 105 Å². The molecule has 9 aromatic rings. The number of nitrogens with zero attached hydrogens (tertiary/aromatic N) is 2. The van der Waals surface area contributed by atoms with Gasteiger partial charge < -0.3 is 9.80 Å². The topological polar surface area (TPSA) is 6.48 Å². The summed E-state index contributed by atoms with van der Waals surface area (Å²) in [5.74, 6) is 0. The van der Waals surface area contributed by atoms with Gasteiger partial charge in [-0.2, -0.15) is 0 Å². The number of anilines is 6. The van der Waals surface area contributed by atoms with Crippen molar-refractivity contribution in [3.8, 4) is 22.3 Å². The Labute approximate surface area is 329 Å². The molecule has 0 saturated carbocycles. The van der Waals surface area contributed by atoms with Crippen molar-refractivity contribution >= 4 is 57.0 Å². The minimum atomic E-state index is 1.12. The van der Waals surface area contributed by atoms with Crippen molar-refractivity contribution < 1.29 is 0 Å². The number of hydrogen-bond donors (Lipinski definition) is 0. The van der Waals surface area contributed by atoms with Crippen LogP contribution in [0.4, 0.5) is 34.1 Å². The van der Waals surface area contributed by atoms with Crippen molar-refractivity contribution in [3.63, 3.8) is 0 Å². The van der Waals surface area contributed by atoms with Gasteiger partial charge in [0, 0.05) is 33.8 Å². The van der Waals surface area contributed by atoms with Crippen molar-refractivity contribution in [2.24, 2.45) is 0 Å². The summed E-state index contributed by atoms with van der Waals surface area (Å²) in [6.45, 7) is 0. The Bertz CT molecular complexity index is 2640. The third-order valence-corrected chi connectivity index (χ3v) is 10.3. The molecule has 266 valence electrons. The maximum absolute atomic E-state index is 2.34. The summed E-state index contributed by atoms with van der Waals surface area (Å²) in [4.78, 5) is 4.63. The summed E-state index contributed by atoms with van der Waals surface area (Å²) in [5, 5.41) is 2.45. The van der Waals surface area contributed by atoms with E-state index in [1.807, 2.05) is 0 Å². The van der Waals surface area contributed by atoms with Crippen LogP contribution in [0.3, 0.4) is 0 Å². The Kier molecular flexibility index (Phi) is 9.75. The zero-order valence-corrected chi connectivity index (χ0v) is 31.0. The summed E-state index contributed by atoms with van der Waals surface area (Å²) in [6, 6.07) is 82.0. The largest absolute Gasteiger partial charge is 0.311 e. The molecule has 0 N–H and O–H groups in total. The summed E-state index contributed by atoms with van der Waals surface area (Å²) in [6.07, 6.45) is 4.36. The van der Waals surface area contributed by atoms with Gasteiger partial charge in [-0.25, -0.2) is 0 Å². The molecule has 56 heavy (non-hydrogen) atoms. The summed E-state index contributed by atoms with van der Waals surface area (Å²) in [5.41, 5.74) is 13.9. The lowest BCUT2D eigenvalue weighted by Crippen LogP contribution is -2.10. The van der Waals surface area contributed by atoms with E-state index < -0.39 is 0 Å². The quantitative estimate of drug-likeness (QED) is 0.130. The molecule has 9 rings (SSSR count). The molecule has 0 bridgehead atoms. The lowest BCUT2D eigenvalue weighted by atomic mass is 10.0. The van der Waals surface area contributed by atoms with Gasteiger partial charge in [0.2, 0.25) is 0 Å². The van der Waals surface area contributed by atoms with E-state index in [1.165, 1.54) is 38.6 Å². The highest BCUT2D eigenvalue weighted by Crippen LogP contribution is 2.40. The van der Waals surface area contributed by atoms with Crippen molar-refractivity contribution in [2.45, 2.75) is 0 Å². The normalized spacial score (nSPS) is 11.1. The highest BCUT2D eigenvalue weighted by Gasteiger charge is 2.15. The number of benzene rings is 9. The maximum atomic E-state index is 2.34. The predicted molar refractivity (Wildman–Crippen MR) is 240 cm³/mol. The molecule has 2 heteroatoms. The molecule has 0 fully saturated rings. The Morgan fingerprint density at radius 1 is 0.250 bits per heavy atom. The van der Waals surface area contributed by atoms with Crippen LogP contribution in [0.15, 0.2) is 231 Å².